The van der Waals surface area contributed by atoms with Gasteiger partial charge in [-0.05, 0) is 18.4 Å². The van der Waals surface area contributed by atoms with Crippen LogP contribution in [-0.2, 0) is 11.2 Å². The van der Waals surface area contributed by atoms with E-state index in [0.29, 0.717) is 6.42 Å². The number of hydrogen-bond donors (Lipinski definition) is 1. The summed E-state index contributed by atoms with van der Waals surface area (Å²) in [4.78, 5) is 11.2. The Labute approximate surface area is 110 Å². The van der Waals surface area contributed by atoms with Crippen LogP contribution in [0.5, 0.6) is 0 Å². The van der Waals surface area contributed by atoms with Crippen molar-refractivity contribution in [3.63, 3.8) is 0 Å². The fourth-order valence-electron chi connectivity index (χ4n) is 2.21. The first-order chi connectivity index (χ1) is 8.74. The fraction of sp³-hybridized carbons (Fsp3) is 0.562. The van der Waals surface area contributed by atoms with E-state index in [0.717, 1.165) is 24.8 Å². The fourth-order valence-corrected chi connectivity index (χ4v) is 2.21. The minimum absolute atomic E-state index is 0.228. The molecule has 0 saturated carbocycles. The third kappa shape index (κ3) is 5.85. The number of carboxylic acids is 1. The van der Waals surface area contributed by atoms with E-state index in [1.807, 2.05) is 30.3 Å². The quantitative estimate of drug-likeness (QED) is 0.662. The zero-order valence-corrected chi connectivity index (χ0v) is 11.3. The van der Waals surface area contributed by atoms with E-state index in [1.54, 1.807) is 0 Å². The molecule has 0 bridgehead atoms. The minimum Gasteiger partial charge on any atom is -0.481 e. The summed E-state index contributed by atoms with van der Waals surface area (Å²) in [6.07, 6.45) is 7.37. The molecule has 18 heavy (non-hydrogen) atoms. The largest absolute Gasteiger partial charge is 0.481 e. The van der Waals surface area contributed by atoms with E-state index in [4.69, 9.17) is 0 Å². The molecule has 1 aromatic carbocycles. The number of unbranched alkanes of at least 4 members (excludes halogenated alkanes) is 4. The van der Waals surface area contributed by atoms with Crippen molar-refractivity contribution in [2.45, 2.75) is 51.9 Å². The van der Waals surface area contributed by atoms with Crippen molar-refractivity contribution >= 4 is 5.97 Å². The summed E-state index contributed by atoms with van der Waals surface area (Å²) < 4.78 is 0. The molecule has 0 fully saturated rings. The van der Waals surface area contributed by atoms with Crippen LogP contribution in [0.25, 0.3) is 0 Å². The molecule has 1 rings (SSSR count). The summed E-state index contributed by atoms with van der Waals surface area (Å²) in [5.41, 5.74) is 1.12. The van der Waals surface area contributed by atoms with Gasteiger partial charge in [0.25, 0.3) is 0 Å². The molecule has 2 heteroatoms. The van der Waals surface area contributed by atoms with Crippen molar-refractivity contribution in [1.29, 1.82) is 0 Å². The molecule has 0 radical (unpaired) electrons. The first-order valence-corrected chi connectivity index (χ1v) is 7.00. The number of rotatable bonds is 9. The van der Waals surface area contributed by atoms with Crippen molar-refractivity contribution in [1.82, 2.24) is 0 Å². The van der Waals surface area contributed by atoms with Gasteiger partial charge in [0.2, 0.25) is 0 Å². The van der Waals surface area contributed by atoms with E-state index >= 15 is 0 Å². The van der Waals surface area contributed by atoms with E-state index in [-0.39, 0.29) is 5.92 Å². The molecule has 1 unspecified atom stereocenters. The van der Waals surface area contributed by atoms with Crippen LogP contribution in [-0.4, -0.2) is 11.1 Å². The Morgan fingerprint density at radius 1 is 1.11 bits per heavy atom. The third-order valence-electron chi connectivity index (χ3n) is 3.33. The van der Waals surface area contributed by atoms with Crippen LogP contribution < -0.4 is 0 Å². The molecule has 0 amide bonds. The van der Waals surface area contributed by atoms with Crippen LogP contribution in [0.3, 0.4) is 0 Å². The Bertz CT molecular complexity index is 332. The van der Waals surface area contributed by atoms with Crippen LogP contribution in [0, 0.1) is 5.92 Å². The van der Waals surface area contributed by atoms with Gasteiger partial charge in [-0.3, -0.25) is 4.79 Å². The lowest BCUT2D eigenvalue weighted by Crippen LogP contribution is -2.16. The summed E-state index contributed by atoms with van der Waals surface area (Å²) >= 11 is 0. The molecule has 2 nitrogen and oxygen atoms in total. The topological polar surface area (TPSA) is 37.3 Å². The smallest absolute Gasteiger partial charge is 0.306 e. The molecule has 0 heterocycles. The number of carbonyl (C=O) groups is 1. The highest BCUT2D eigenvalue weighted by Crippen LogP contribution is 2.17. The zero-order valence-electron chi connectivity index (χ0n) is 11.3. The summed E-state index contributed by atoms with van der Waals surface area (Å²) in [7, 11) is 0. The second-order valence-electron chi connectivity index (χ2n) is 4.93. The van der Waals surface area contributed by atoms with Crippen LogP contribution in [0.2, 0.25) is 0 Å². The highest BCUT2D eigenvalue weighted by Gasteiger charge is 2.17. The van der Waals surface area contributed by atoms with Gasteiger partial charge in [-0.25, -0.2) is 0 Å². The molecule has 0 spiro atoms. The molecule has 100 valence electrons. The first kappa shape index (κ1) is 14.7. The van der Waals surface area contributed by atoms with Crippen molar-refractivity contribution in [3.05, 3.63) is 35.9 Å². The van der Waals surface area contributed by atoms with Crippen LogP contribution in [0.1, 0.15) is 51.0 Å². The average molecular weight is 248 g/mol. The van der Waals surface area contributed by atoms with Gasteiger partial charge in [-0.1, -0.05) is 69.4 Å². The summed E-state index contributed by atoms with van der Waals surface area (Å²) in [6.45, 7) is 2.19. The van der Waals surface area contributed by atoms with Crippen molar-refractivity contribution in [2.24, 2.45) is 5.92 Å². The molecule has 0 aliphatic heterocycles. The third-order valence-corrected chi connectivity index (χ3v) is 3.33. The number of hydrogen-bond acceptors (Lipinski definition) is 1. The SMILES string of the molecule is CCCCCCCC(Cc1ccccc1)C(=O)O. The van der Waals surface area contributed by atoms with Gasteiger partial charge >= 0.3 is 5.97 Å². The molecule has 0 saturated heterocycles. The summed E-state index contributed by atoms with van der Waals surface area (Å²) in [6, 6.07) is 9.91. The Hall–Kier alpha value is -1.31. The van der Waals surface area contributed by atoms with Gasteiger partial charge in [0, 0.05) is 0 Å². The Morgan fingerprint density at radius 3 is 2.39 bits per heavy atom. The Morgan fingerprint density at radius 2 is 1.78 bits per heavy atom. The first-order valence-electron chi connectivity index (χ1n) is 7.00. The molecular formula is C16H24O2. The van der Waals surface area contributed by atoms with Crippen molar-refractivity contribution in [3.8, 4) is 0 Å². The maximum atomic E-state index is 11.2. The van der Waals surface area contributed by atoms with E-state index in [2.05, 4.69) is 6.92 Å². The lowest BCUT2D eigenvalue weighted by Gasteiger charge is -2.12. The second-order valence-corrected chi connectivity index (χ2v) is 4.93. The van der Waals surface area contributed by atoms with Gasteiger partial charge in [-0.2, -0.15) is 0 Å². The van der Waals surface area contributed by atoms with Crippen molar-refractivity contribution < 1.29 is 9.90 Å². The van der Waals surface area contributed by atoms with Crippen LogP contribution in [0.15, 0.2) is 30.3 Å². The maximum absolute atomic E-state index is 11.2. The molecule has 1 N–H and O–H groups in total. The van der Waals surface area contributed by atoms with Gasteiger partial charge in [0.15, 0.2) is 0 Å². The number of aliphatic carboxylic acids is 1. The van der Waals surface area contributed by atoms with Gasteiger partial charge in [0.1, 0.15) is 0 Å². The molecule has 1 atom stereocenters. The number of carboxylic acid groups (broad SMARTS) is 1. The second kappa shape index (κ2) is 8.73. The monoisotopic (exact) mass is 248 g/mol. The molecule has 0 aliphatic rings. The summed E-state index contributed by atoms with van der Waals surface area (Å²) in [5.74, 6) is -0.886. The average Bonchev–Trinajstić information content (AvgIpc) is 2.38. The minimum atomic E-state index is -0.658. The predicted octanol–water partition coefficient (Wildman–Crippen LogP) is 4.29. The zero-order chi connectivity index (χ0) is 13.2. The number of benzene rings is 1. The van der Waals surface area contributed by atoms with E-state index in [9.17, 15) is 9.90 Å². The van der Waals surface area contributed by atoms with Crippen LogP contribution >= 0.6 is 0 Å². The standard InChI is InChI=1S/C16H24O2/c1-2-3-4-5-9-12-15(16(17)18)13-14-10-7-6-8-11-14/h6-8,10-11,15H,2-5,9,12-13H2,1H3,(H,17,18). The van der Waals surface area contributed by atoms with Gasteiger partial charge in [-0.15, -0.1) is 0 Å². The highest BCUT2D eigenvalue weighted by atomic mass is 16.4. The lowest BCUT2D eigenvalue weighted by atomic mass is 9.93. The molecule has 0 aliphatic carbocycles. The molecule has 1 aromatic rings. The molecule has 0 aromatic heterocycles. The van der Waals surface area contributed by atoms with E-state index < -0.39 is 5.97 Å². The maximum Gasteiger partial charge on any atom is 0.306 e. The normalized spacial score (nSPS) is 12.3. The van der Waals surface area contributed by atoms with Crippen LogP contribution in [0.4, 0.5) is 0 Å². The predicted molar refractivity (Wildman–Crippen MR) is 74.6 cm³/mol. The lowest BCUT2D eigenvalue weighted by molar-refractivity contribution is -0.142. The molecular weight excluding hydrogens is 224 g/mol. The highest BCUT2D eigenvalue weighted by molar-refractivity contribution is 5.70. The van der Waals surface area contributed by atoms with Gasteiger partial charge < -0.3 is 5.11 Å². The van der Waals surface area contributed by atoms with Gasteiger partial charge in [0.05, 0.1) is 5.92 Å². The summed E-state index contributed by atoms with van der Waals surface area (Å²) in [5, 5.41) is 9.24. The van der Waals surface area contributed by atoms with Crippen molar-refractivity contribution in [2.75, 3.05) is 0 Å². The van der Waals surface area contributed by atoms with E-state index in [1.165, 1.54) is 19.3 Å². The Kier molecular flexibility index (Phi) is 7.16. The Balaban J connectivity index is 2.34.